The normalized spacial score (nSPS) is 16.5. The number of rotatable bonds is 2. The smallest absolute Gasteiger partial charge is 0.229 e. The summed E-state index contributed by atoms with van der Waals surface area (Å²) in [4.78, 5) is 16.4. The lowest BCUT2D eigenvalue weighted by Gasteiger charge is -2.06. The van der Waals surface area contributed by atoms with Crippen LogP contribution in [0.1, 0.15) is 25.7 Å². The number of fused-ring (bicyclic) bond motifs is 1. The van der Waals surface area contributed by atoms with Crippen LogP contribution in [0.4, 0.5) is 5.13 Å². The first-order chi connectivity index (χ1) is 8.33. The van der Waals surface area contributed by atoms with Crippen LogP contribution in [-0.2, 0) is 4.79 Å². The molecule has 1 aliphatic carbocycles. The van der Waals surface area contributed by atoms with E-state index in [1.54, 1.807) is 11.3 Å². The summed E-state index contributed by atoms with van der Waals surface area (Å²) in [6.07, 6.45) is 4.41. The molecule has 3 rings (SSSR count). The molecule has 4 heteroatoms. The molecule has 1 aliphatic rings. The van der Waals surface area contributed by atoms with Crippen molar-refractivity contribution >= 4 is 32.6 Å². The molecule has 1 saturated carbocycles. The van der Waals surface area contributed by atoms with Gasteiger partial charge in [-0.05, 0) is 25.0 Å². The van der Waals surface area contributed by atoms with Crippen LogP contribution in [0.25, 0.3) is 10.2 Å². The number of thiazole rings is 1. The van der Waals surface area contributed by atoms with Crippen molar-refractivity contribution in [1.82, 2.24) is 4.98 Å². The van der Waals surface area contributed by atoms with Gasteiger partial charge >= 0.3 is 0 Å². The molecule has 0 spiro atoms. The predicted molar refractivity (Wildman–Crippen MR) is 70.2 cm³/mol. The van der Waals surface area contributed by atoms with Crippen molar-refractivity contribution in [3.8, 4) is 0 Å². The summed E-state index contributed by atoms with van der Waals surface area (Å²) in [6.45, 7) is 0. The van der Waals surface area contributed by atoms with Crippen LogP contribution in [-0.4, -0.2) is 10.9 Å². The van der Waals surface area contributed by atoms with E-state index in [4.69, 9.17) is 0 Å². The molecule has 0 radical (unpaired) electrons. The minimum Gasteiger partial charge on any atom is -0.302 e. The van der Waals surface area contributed by atoms with Crippen molar-refractivity contribution in [2.75, 3.05) is 5.32 Å². The van der Waals surface area contributed by atoms with Gasteiger partial charge in [0.25, 0.3) is 0 Å². The van der Waals surface area contributed by atoms with Crippen LogP contribution in [0.5, 0.6) is 0 Å². The Bertz CT molecular complexity index is 510. The first-order valence-electron chi connectivity index (χ1n) is 5.99. The van der Waals surface area contributed by atoms with E-state index in [1.807, 2.05) is 24.3 Å². The molecule has 1 aromatic heterocycles. The fourth-order valence-electron chi connectivity index (χ4n) is 2.32. The third-order valence-corrected chi connectivity index (χ3v) is 4.20. The van der Waals surface area contributed by atoms with Crippen molar-refractivity contribution in [2.45, 2.75) is 25.7 Å². The Hall–Kier alpha value is -1.42. The number of hydrogen-bond donors (Lipinski definition) is 1. The fourth-order valence-corrected chi connectivity index (χ4v) is 3.19. The second kappa shape index (κ2) is 4.45. The molecule has 1 N–H and O–H groups in total. The van der Waals surface area contributed by atoms with Gasteiger partial charge in [0.15, 0.2) is 5.13 Å². The van der Waals surface area contributed by atoms with Gasteiger partial charge in [-0.25, -0.2) is 4.98 Å². The van der Waals surface area contributed by atoms with E-state index < -0.39 is 0 Å². The molecule has 1 amide bonds. The highest BCUT2D eigenvalue weighted by Gasteiger charge is 2.23. The van der Waals surface area contributed by atoms with Gasteiger partial charge in [0.2, 0.25) is 5.91 Å². The van der Waals surface area contributed by atoms with Crippen LogP contribution in [0.15, 0.2) is 24.3 Å². The molecule has 3 nitrogen and oxygen atoms in total. The Morgan fingerprint density at radius 1 is 1.29 bits per heavy atom. The van der Waals surface area contributed by atoms with E-state index in [0.717, 1.165) is 28.2 Å². The molecule has 1 fully saturated rings. The van der Waals surface area contributed by atoms with E-state index >= 15 is 0 Å². The number of hydrogen-bond acceptors (Lipinski definition) is 3. The Labute approximate surface area is 104 Å². The lowest BCUT2D eigenvalue weighted by molar-refractivity contribution is -0.119. The van der Waals surface area contributed by atoms with Crippen molar-refractivity contribution in [2.24, 2.45) is 5.92 Å². The van der Waals surface area contributed by atoms with Gasteiger partial charge in [-0.2, -0.15) is 0 Å². The lowest BCUT2D eigenvalue weighted by Crippen LogP contribution is -2.19. The number of carbonyl (C=O) groups is 1. The maximum absolute atomic E-state index is 11.9. The number of amides is 1. The summed E-state index contributed by atoms with van der Waals surface area (Å²) in [5.74, 6) is 0.337. The number of benzene rings is 1. The maximum atomic E-state index is 11.9. The average Bonchev–Trinajstić information content (AvgIpc) is 2.97. The molecule has 88 valence electrons. The second-order valence-electron chi connectivity index (χ2n) is 4.46. The third kappa shape index (κ3) is 2.17. The van der Waals surface area contributed by atoms with Crippen molar-refractivity contribution in [3.05, 3.63) is 24.3 Å². The van der Waals surface area contributed by atoms with Crippen molar-refractivity contribution < 1.29 is 4.79 Å². The quantitative estimate of drug-likeness (QED) is 0.882. The number of nitrogens with one attached hydrogen (secondary N) is 1. The lowest BCUT2D eigenvalue weighted by atomic mass is 10.1. The molecule has 0 aliphatic heterocycles. The number of aromatic nitrogens is 1. The molecule has 1 heterocycles. The van der Waals surface area contributed by atoms with E-state index in [-0.39, 0.29) is 11.8 Å². The highest BCUT2D eigenvalue weighted by molar-refractivity contribution is 7.22. The van der Waals surface area contributed by atoms with Gasteiger partial charge < -0.3 is 5.32 Å². The van der Waals surface area contributed by atoms with Gasteiger partial charge in [0.1, 0.15) is 0 Å². The summed E-state index contributed by atoms with van der Waals surface area (Å²) < 4.78 is 1.12. The minimum atomic E-state index is 0.140. The largest absolute Gasteiger partial charge is 0.302 e. The fraction of sp³-hybridized carbons (Fsp3) is 0.385. The summed E-state index contributed by atoms with van der Waals surface area (Å²) in [5.41, 5.74) is 0.958. The van der Waals surface area contributed by atoms with Crippen molar-refractivity contribution in [3.63, 3.8) is 0 Å². The summed E-state index contributed by atoms with van der Waals surface area (Å²) in [6, 6.07) is 7.95. The number of carbonyl (C=O) groups excluding carboxylic acids is 1. The molecule has 0 bridgehead atoms. The predicted octanol–water partition coefficient (Wildman–Crippen LogP) is 3.43. The van der Waals surface area contributed by atoms with Crippen LogP contribution < -0.4 is 5.32 Å². The molecule has 0 atom stereocenters. The zero-order chi connectivity index (χ0) is 11.7. The number of nitrogens with zero attached hydrogens (tertiary/aromatic N) is 1. The Kier molecular flexibility index (Phi) is 2.81. The summed E-state index contributed by atoms with van der Waals surface area (Å²) in [5, 5.41) is 3.67. The van der Waals surface area contributed by atoms with Gasteiger partial charge in [0.05, 0.1) is 10.2 Å². The molecule has 0 unspecified atom stereocenters. The monoisotopic (exact) mass is 246 g/mol. The minimum absolute atomic E-state index is 0.140. The number of para-hydroxylation sites is 1. The van der Waals surface area contributed by atoms with Gasteiger partial charge in [-0.3, -0.25) is 4.79 Å². The van der Waals surface area contributed by atoms with Gasteiger partial charge in [0, 0.05) is 5.92 Å². The molecule has 1 aromatic carbocycles. The van der Waals surface area contributed by atoms with Gasteiger partial charge in [-0.1, -0.05) is 36.3 Å². The molecule has 17 heavy (non-hydrogen) atoms. The third-order valence-electron chi connectivity index (χ3n) is 3.25. The second-order valence-corrected chi connectivity index (χ2v) is 5.49. The van der Waals surface area contributed by atoms with E-state index in [0.29, 0.717) is 0 Å². The van der Waals surface area contributed by atoms with Crippen LogP contribution in [0.2, 0.25) is 0 Å². The molecule has 2 aromatic rings. The topological polar surface area (TPSA) is 42.0 Å². The summed E-state index contributed by atoms with van der Waals surface area (Å²) >= 11 is 1.54. The molecular formula is C13H14N2OS. The standard InChI is InChI=1S/C13H14N2OS/c16-12(9-5-1-2-6-9)15-13-14-10-7-3-4-8-11(10)17-13/h3-4,7-9H,1-2,5-6H2,(H,14,15,16). The number of anilines is 1. The molecule has 0 saturated heterocycles. The zero-order valence-electron chi connectivity index (χ0n) is 9.48. The Morgan fingerprint density at radius 2 is 2.06 bits per heavy atom. The molecular weight excluding hydrogens is 232 g/mol. The van der Waals surface area contributed by atoms with Crippen LogP contribution in [0, 0.1) is 5.92 Å². The van der Waals surface area contributed by atoms with Crippen LogP contribution >= 0.6 is 11.3 Å². The van der Waals surface area contributed by atoms with Crippen molar-refractivity contribution in [1.29, 1.82) is 0 Å². The van der Waals surface area contributed by atoms with Crippen LogP contribution in [0.3, 0.4) is 0 Å². The Morgan fingerprint density at radius 3 is 2.82 bits per heavy atom. The highest BCUT2D eigenvalue weighted by atomic mass is 32.1. The van der Waals surface area contributed by atoms with Gasteiger partial charge in [-0.15, -0.1) is 0 Å². The van der Waals surface area contributed by atoms with E-state index in [9.17, 15) is 4.79 Å². The SMILES string of the molecule is O=C(Nc1nc2ccccc2s1)C1CCCC1. The van der Waals surface area contributed by atoms with E-state index in [1.165, 1.54) is 12.8 Å². The summed E-state index contributed by atoms with van der Waals surface area (Å²) in [7, 11) is 0. The zero-order valence-corrected chi connectivity index (χ0v) is 10.3. The van der Waals surface area contributed by atoms with E-state index in [2.05, 4.69) is 10.3 Å². The highest BCUT2D eigenvalue weighted by Crippen LogP contribution is 2.29. The Balaban J connectivity index is 1.77. The average molecular weight is 246 g/mol. The first kappa shape index (κ1) is 10.7. The maximum Gasteiger partial charge on any atom is 0.229 e. The first-order valence-corrected chi connectivity index (χ1v) is 6.81.